The fraction of sp³-hybridized carbons (Fsp3) is 0.615. The van der Waals surface area contributed by atoms with E-state index in [2.05, 4.69) is 17.2 Å². The van der Waals surface area contributed by atoms with Gasteiger partial charge in [-0.2, -0.15) is 0 Å². The number of rotatable bonds is 8. The second kappa shape index (κ2) is 7.68. The molecule has 0 bridgehead atoms. The van der Waals surface area contributed by atoms with Crippen LogP contribution in [0.25, 0.3) is 0 Å². The Balaban J connectivity index is 2.76. The van der Waals surface area contributed by atoms with Gasteiger partial charge in [0.1, 0.15) is 0 Å². The zero-order valence-electron chi connectivity index (χ0n) is 11.4. The summed E-state index contributed by atoms with van der Waals surface area (Å²) < 4.78 is 0. The number of hydrogen-bond acceptors (Lipinski definition) is 5. The van der Waals surface area contributed by atoms with Crippen LogP contribution < -0.4 is 5.32 Å². The van der Waals surface area contributed by atoms with E-state index in [0.717, 1.165) is 12.8 Å². The molecule has 1 heterocycles. The average Bonchev–Trinajstić information content (AvgIpc) is 2.36. The molecule has 0 aliphatic carbocycles. The molecule has 6 heteroatoms. The minimum absolute atomic E-state index is 0.0294. The molecule has 1 unspecified atom stereocenters. The van der Waals surface area contributed by atoms with Crippen molar-refractivity contribution in [3.63, 3.8) is 0 Å². The first-order chi connectivity index (χ1) is 9.10. The molecule has 19 heavy (non-hydrogen) atoms. The topological polar surface area (TPSA) is 88.3 Å². The van der Waals surface area contributed by atoms with Crippen molar-refractivity contribution in [3.8, 4) is 0 Å². The van der Waals surface area contributed by atoms with Crippen LogP contribution in [0.2, 0.25) is 0 Å². The van der Waals surface area contributed by atoms with E-state index < -0.39 is 4.92 Å². The first-order valence-electron chi connectivity index (χ1n) is 6.54. The van der Waals surface area contributed by atoms with Gasteiger partial charge in [-0.25, -0.2) is 4.98 Å². The van der Waals surface area contributed by atoms with Crippen molar-refractivity contribution >= 4 is 11.5 Å². The molecule has 0 amide bonds. The smallest absolute Gasteiger partial charge is 0.314 e. The molecule has 106 valence electrons. The highest BCUT2D eigenvalue weighted by Crippen LogP contribution is 2.26. The monoisotopic (exact) mass is 267 g/mol. The van der Waals surface area contributed by atoms with Crippen molar-refractivity contribution in [1.29, 1.82) is 0 Å². The number of aryl methyl sites for hydroxylation is 1. The van der Waals surface area contributed by atoms with Crippen LogP contribution in [0.3, 0.4) is 0 Å². The number of pyridine rings is 1. The summed E-state index contributed by atoms with van der Waals surface area (Å²) in [5.74, 6) is 0.612. The molecule has 0 aliphatic heterocycles. The molecule has 1 aromatic rings. The SMILES string of the molecule is CCCC(CCO)CNc1nccc(C)c1[N+](=O)[O-]. The molecule has 0 fully saturated rings. The molecule has 1 atom stereocenters. The summed E-state index contributed by atoms with van der Waals surface area (Å²) in [5, 5.41) is 23.1. The van der Waals surface area contributed by atoms with Crippen molar-refractivity contribution < 1.29 is 10.0 Å². The highest BCUT2D eigenvalue weighted by Gasteiger charge is 2.19. The Morgan fingerprint density at radius 3 is 2.84 bits per heavy atom. The van der Waals surface area contributed by atoms with Crippen LogP contribution in [0.15, 0.2) is 12.3 Å². The zero-order chi connectivity index (χ0) is 14.3. The summed E-state index contributed by atoms with van der Waals surface area (Å²) in [6.07, 6.45) is 4.26. The number of nitro groups is 1. The first kappa shape index (κ1) is 15.4. The van der Waals surface area contributed by atoms with E-state index in [0.29, 0.717) is 30.3 Å². The standard InChI is InChI=1S/C13H21N3O3/c1-3-4-11(6-8-17)9-15-13-12(16(18)19)10(2)5-7-14-13/h5,7,11,17H,3-4,6,8-9H2,1-2H3,(H,14,15). The third-order valence-corrected chi connectivity index (χ3v) is 3.10. The molecule has 1 rings (SSSR count). The molecule has 6 nitrogen and oxygen atoms in total. The molecule has 0 spiro atoms. The lowest BCUT2D eigenvalue weighted by Gasteiger charge is -2.16. The van der Waals surface area contributed by atoms with Crippen LogP contribution in [-0.2, 0) is 0 Å². The Labute approximate surface area is 113 Å². The van der Waals surface area contributed by atoms with Gasteiger partial charge in [0.25, 0.3) is 0 Å². The quantitative estimate of drug-likeness (QED) is 0.558. The van der Waals surface area contributed by atoms with Crippen LogP contribution in [0, 0.1) is 23.0 Å². The highest BCUT2D eigenvalue weighted by molar-refractivity contribution is 5.59. The van der Waals surface area contributed by atoms with Gasteiger partial charge in [-0.3, -0.25) is 10.1 Å². The highest BCUT2D eigenvalue weighted by atomic mass is 16.6. The van der Waals surface area contributed by atoms with Gasteiger partial charge >= 0.3 is 5.69 Å². The summed E-state index contributed by atoms with van der Waals surface area (Å²) in [7, 11) is 0. The van der Waals surface area contributed by atoms with Gasteiger partial charge in [-0.15, -0.1) is 0 Å². The Bertz CT molecular complexity index is 418. The van der Waals surface area contributed by atoms with Crippen molar-refractivity contribution in [1.82, 2.24) is 4.98 Å². The number of aromatic nitrogens is 1. The van der Waals surface area contributed by atoms with Crippen LogP contribution in [0.5, 0.6) is 0 Å². The van der Waals surface area contributed by atoms with Crippen LogP contribution >= 0.6 is 0 Å². The van der Waals surface area contributed by atoms with Crippen LogP contribution in [0.1, 0.15) is 31.7 Å². The number of hydrogen-bond donors (Lipinski definition) is 2. The Morgan fingerprint density at radius 2 is 2.26 bits per heavy atom. The molecule has 0 aromatic carbocycles. The van der Waals surface area contributed by atoms with Crippen molar-refractivity contribution in [2.45, 2.75) is 33.1 Å². The molecule has 0 saturated heterocycles. The van der Waals surface area contributed by atoms with E-state index in [1.807, 2.05) is 0 Å². The minimum Gasteiger partial charge on any atom is -0.396 e. The van der Waals surface area contributed by atoms with Gasteiger partial charge in [0.15, 0.2) is 0 Å². The number of aliphatic hydroxyl groups is 1. The molecular formula is C13H21N3O3. The van der Waals surface area contributed by atoms with Gasteiger partial charge in [-0.1, -0.05) is 13.3 Å². The second-order valence-corrected chi connectivity index (χ2v) is 4.63. The van der Waals surface area contributed by atoms with Crippen molar-refractivity contribution in [2.75, 3.05) is 18.5 Å². The lowest BCUT2D eigenvalue weighted by atomic mass is 10.0. The van der Waals surface area contributed by atoms with Crippen molar-refractivity contribution in [3.05, 3.63) is 27.9 Å². The Morgan fingerprint density at radius 1 is 1.53 bits per heavy atom. The maximum atomic E-state index is 11.0. The summed E-state index contributed by atoms with van der Waals surface area (Å²) in [6.45, 7) is 4.50. The second-order valence-electron chi connectivity index (χ2n) is 4.63. The summed E-state index contributed by atoms with van der Waals surface area (Å²) in [4.78, 5) is 14.7. The minimum atomic E-state index is -0.411. The summed E-state index contributed by atoms with van der Waals surface area (Å²) in [5.41, 5.74) is 0.624. The number of nitrogens with one attached hydrogen (secondary N) is 1. The summed E-state index contributed by atoms with van der Waals surface area (Å²) in [6, 6.07) is 1.63. The summed E-state index contributed by atoms with van der Waals surface area (Å²) >= 11 is 0. The fourth-order valence-electron chi connectivity index (χ4n) is 2.09. The van der Waals surface area contributed by atoms with Gasteiger partial charge in [0.05, 0.1) is 4.92 Å². The Hall–Kier alpha value is -1.69. The van der Waals surface area contributed by atoms with Gasteiger partial charge in [-0.05, 0) is 31.7 Å². The lowest BCUT2D eigenvalue weighted by Crippen LogP contribution is -2.17. The third kappa shape index (κ3) is 4.48. The molecule has 2 N–H and O–H groups in total. The van der Waals surface area contributed by atoms with E-state index >= 15 is 0 Å². The number of aliphatic hydroxyl groups excluding tert-OH is 1. The van der Waals surface area contributed by atoms with Crippen molar-refractivity contribution in [2.24, 2.45) is 5.92 Å². The van der Waals surface area contributed by atoms with Crippen LogP contribution in [-0.4, -0.2) is 28.2 Å². The van der Waals surface area contributed by atoms with E-state index in [9.17, 15) is 10.1 Å². The molecular weight excluding hydrogens is 246 g/mol. The van der Waals surface area contributed by atoms with E-state index in [1.165, 1.54) is 0 Å². The lowest BCUT2D eigenvalue weighted by molar-refractivity contribution is -0.384. The maximum absolute atomic E-state index is 11.0. The zero-order valence-corrected chi connectivity index (χ0v) is 11.4. The fourth-order valence-corrected chi connectivity index (χ4v) is 2.09. The van der Waals surface area contributed by atoms with Gasteiger partial charge in [0.2, 0.25) is 5.82 Å². The predicted molar refractivity (Wildman–Crippen MR) is 74.2 cm³/mol. The Kier molecular flexibility index (Phi) is 6.21. The molecule has 0 radical (unpaired) electrons. The van der Waals surface area contributed by atoms with Gasteiger partial charge in [0, 0.05) is 24.9 Å². The van der Waals surface area contributed by atoms with E-state index in [4.69, 9.17) is 5.11 Å². The molecule has 1 aromatic heterocycles. The van der Waals surface area contributed by atoms with Gasteiger partial charge < -0.3 is 10.4 Å². The number of anilines is 1. The van der Waals surface area contributed by atoms with Crippen LogP contribution in [0.4, 0.5) is 11.5 Å². The third-order valence-electron chi connectivity index (χ3n) is 3.10. The largest absolute Gasteiger partial charge is 0.396 e. The number of nitrogens with zero attached hydrogens (tertiary/aromatic N) is 2. The predicted octanol–water partition coefficient (Wildman–Crippen LogP) is 2.51. The molecule has 0 saturated carbocycles. The van der Waals surface area contributed by atoms with E-state index in [1.54, 1.807) is 19.2 Å². The first-order valence-corrected chi connectivity index (χ1v) is 6.54. The average molecular weight is 267 g/mol. The molecule has 0 aliphatic rings. The maximum Gasteiger partial charge on any atom is 0.314 e. The normalized spacial score (nSPS) is 12.2. The van der Waals surface area contributed by atoms with E-state index in [-0.39, 0.29) is 12.3 Å².